The lowest BCUT2D eigenvalue weighted by Gasteiger charge is -2.22. The van der Waals surface area contributed by atoms with Gasteiger partial charge in [-0.05, 0) is 53.4 Å². The standard InChI is InChI=1S/C25H31N3O4S.2C2HF3O2/c26-19-21-9-7-20(8-10-21)4-3-15-28(16-13-25(29)30)17-14-27-33(31,32)24-12-11-22-5-1-2-6-23(22)18-24;2*3-2(4,5)1(6)7/h1-2,5-12,18,27H,3-4,13-17,19,26H2,(H,29,30);2*(H,6,7). The number of hydrogen-bond donors (Lipinski definition) is 5. The Hall–Kier alpha value is -4.26. The molecule has 0 aliphatic heterocycles. The minimum atomic E-state index is -5.08. The number of rotatable bonds is 13. The number of carboxylic acids is 3. The number of nitrogens with zero attached hydrogens (tertiary/aromatic N) is 1. The molecule has 47 heavy (non-hydrogen) atoms. The monoisotopic (exact) mass is 697 g/mol. The van der Waals surface area contributed by atoms with Gasteiger partial charge in [0.2, 0.25) is 10.0 Å². The maximum atomic E-state index is 12.7. The summed E-state index contributed by atoms with van der Waals surface area (Å²) in [6.07, 6.45) is -8.45. The molecule has 3 aromatic rings. The van der Waals surface area contributed by atoms with Gasteiger partial charge in [0.05, 0.1) is 11.3 Å². The van der Waals surface area contributed by atoms with Crippen molar-refractivity contribution in [2.75, 3.05) is 26.2 Å². The van der Waals surface area contributed by atoms with Crippen LogP contribution in [-0.2, 0) is 37.4 Å². The second-order valence-corrected chi connectivity index (χ2v) is 11.4. The molecule has 0 saturated heterocycles. The topological polar surface area (TPSA) is 187 Å². The number of carbonyl (C=O) groups is 3. The van der Waals surface area contributed by atoms with Crippen LogP contribution in [0.15, 0.2) is 71.6 Å². The first-order valence-corrected chi connectivity index (χ1v) is 15.0. The number of benzene rings is 3. The summed E-state index contributed by atoms with van der Waals surface area (Å²) in [6.45, 7) is 2.22. The lowest BCUT2D eigenvalue weighted by Crippen LogP contribution is -2.36. The Bertz CT molecular complexity index is 1540. The number of nitrogens with two attached hydrogens (primary N) is 1. The highest BCUT2D eigenvalue weighted by molar-refractivity contribution is 7.89. The number of hydrogen-bond acceptors (Lipinski definition) is 7. The van der Waals surface area contributed by atoms with E-state index in [1.807, 2.05) is 41.3 Å². The van der Waals surface area contributed by atoms with Gasteiger partial charge in [0.25, 0.3) is 0 Å². The predicted octanol–water partition coefficient (Wildman–Crippen LogP) is 4.25. The molecular formula is C29H33F6N3O8S. The van der Waals surface area contributed by atoms with Crippen LogP contribution in [0.25, 0.3) is 10.8 Å². The molecule has 18 heteroatoms. The SMILES string of the molecule is NCc1ccc(CCCN(CCNS(=O)(=O)c2ccc3ccccc3c2)CCC(=O)O)cc1.O=C(O)C(F)(F)F.O=C(O)C(F)(F)F. The van der Waals surface area contributed by atoms with Crippen LogP contribution < -0.4 is 10.5 Å². The maximum Gasteiger partial charge on any atom is 0.490 e. The molecule has 0 saturated carbocycles. The Morgan fingerprint density at radius 1 is 0.745 bits per heavy atom. The number of carboxylic acid groups (broad SMARTS) is 3. The molecule has 11 nitrogen and oxygen atoms in total. The van der Waals surface area contributed by atoms with Crippen LogP contribution in [0.3, 0.4) is 0 Å². The number of nitrogens with one attached hydrogen (secondary N) is 1. The van der Waals surface area contributed by atoms with E-state index in [4.69, 9.17) is 30.6 Å². The van der Waals surface area contributed by atoms with Gasteiger partial charge in [-0.15, -0.1) is 0 Å². The van der Waals surface area contributed by atoms with E-state index in [2.05, 4.69) is 16.9 Å². The van der Waals surface area contributed by atoms with Crippen LogP contribution >= 0.6 is 0 Å². The molecule has 0 heterocycles. The Labute approximate surface area is 265 Å². The van der Waals surface area contributed by atoms with Crippen LogP contribution in [0.4, 0.5) is 26.3 Å². The number of aryl methyl sites for hydroxylation is 1. The first kappa shape index (κ1) is 40.8. The van der Waals surface area contributed by atoms with Crippen molar-refractivity contribution in [1.29, 1.82) is 0 Å². The van der Waals surface area contributed by atoms with Gasteiger partial charge < -0.3 is 26.0 Å². The Morgan fingerprint density at radius 2 is 1.26 bits per heavy atom. The van der Waals surface area contributed by atoms with E-state index in [0.717, 1.165) is 29.2 Å². The van der Waals surface area contributed by atoms with E-state index in [9.17, 15) is 39.6 Å². The third-order valence-electron chi connectivity index (χ3n) is 6.08. The molecule has 0 fully saturated rings. The fourth-order valence-corrected chi connectivity index (χ4v) is 4.75. The lowest BCUT2D eigenvalue weighted by molar-refractivity contribution is -0.193. The summed E-state index contributed by atoms with van der Waals surface area (Å²) in [6, 6.07) is 20.8. The zero-order valence-electron chi connectivity index (χ0n) is 24.6. The van der Waals surface area contributed by atoms with Gasteiger partial charge in [0.1, 0.15) is 0 Å². The summed E-state index contributed by atoms with van der Waals surface area (Å²) >= 11 is 0. The molecule has 6 N–H and O–H groups in total. The predicted molar refractivity (Wildman–Crippen MR) is 158 cm³/mol. The van der Waals surface area contributed by atoms with Crippen molar-refractivity contribution in [2.24, 2.45) is 5.73 Å². The molecule has 260 valence electrons. The largest absolute Gasteiger partial charge is 0.490 e. The minimum absolute atomic E-state index is 0.0165. The van der Waals surface area contributed by atoms with Gasteiger partial charge in [-0.2, -0.15) is 26.3 Å². The maximum absolute atomic E-state index is 12.7. The zero-order chi connectivity index (χ0) is 35.8. The van der Waals surface area contributed by atoms with E-state index in [0.29, 0.717) is 26.2 Å². The van der Waals surface area contributed by atoms with Crippen molar-refractivity contribution in [3.8, 4) is 0 Å². The molecule has 0 aromatic heterocycles. The lowest BCUT2D eigenvalue weighted by atomic mass is 10.1. The molecule has 0 amide bonds. The fourth-order valence-electron chi connectivity index (χ4n) is 3.69. The molecule has 0 radical (unpaired) electrons. The van der Waals surface area contributed by atoms with Crippen molar-refractivity contribution < 1.29 is 64.5 Å². The molecular weight excluding hydrogens is 664 g/mol. The molecule has 0 spiro atoms. The van der Waals surface area contributed by atoms with E-state index in [1.54, 1.807) is 18.2 Å². The Morgan fingerprint density at radius 3 is 1.74 bits per heavy atom. The number of halogens is 6. The van der Waals surface area contributed by atoms with Crippen molar-refractivity contribution in [3.05, 3.63) is 77.9 Å². The van der Waals surface area contributed by atoms with Gasteiger partial charge in [-0.25, -0.2) is 22.7 Å². The highest BCUT2D eigenvalue weighted by atomic mass is 32.2. The van der Waals surface area contributed by atoms with Gasteiger partial charge in [-0.1, -0.05) is 54.6 Å². The molecule has 0 unspecified atom stereocenters. The quantitative estimate of drug-likeness (QED) is 0.162. The molecule has 0 aliphatic carbocycles. The van der Waals surface area contributed by atoms with Crippen LogP contribution in [0, 0.1) is 0 Å². The Kier molecular flexibility index (Phi) is 16.3. The summed E-state index contributed by atoms with van der Waals surface area (Å²) in [4.78, 5) is 31.0. The van der Waals surface area contributed by atoms with Crippen LogP contribution in [0.1, 0.15) is 24.0 Å². The van der Waals surface area contributed by atoms with Gasteiger partial charge >= 0.3 is 30.3 Å². The number of fused-ring (bicyclic) bond motifs is 1. The minimum Gasteiger partial charge on any atom is -0.481 e. The third kappa shape index (κ3) is 16.2. The number of alkyl halides is 6. The first-order valence-electron chi connectivity index (χ1n) is 13.6. The average Bonchev–Trinajstić information content (AvgIpc) is 2.99. The molecule has 0 bridgehead atoms. The summed E-state index contributed by atoms with van der Waals surface area (Å²) in [5.41, 5.74) is 7.91. The third-order valence-corrected chi connectivity index (χ3v) is 7.54. The van der Waals surface area contributed by atoms with Gasteiger partial charge in [-0.3, -0.25) is 4.79 Å². The summed E-state index contributed by atoms with van der Waals surface area (Å²) in [5.74, 6) is -6.38. The van der Waals surface area contributed by atoms with Gasteiger partial charge in [0.15, 0.2) is 0 Å². The fraction of sp³-hybridized carbons (Fsp3) is 0.345. The van der Waals surface area contributed by atoms with Crippen molar-refractivity contribution in [2.45, 2.75) is 43.1 Å². The molecule has 0 atom stereocenters. The zero-order valence-corrected chi connectivity index (χ0v) is 25.4. The number of sulfonamides is 1. The van der Waals surface area contributed by atoms with E-state index in [-0.39, 0.29) is 17.9 Å². The van der Waals surface area contributed by atoms with E-state index < -0.39 is 40.3 Å². The van der Waals surface area contributed by atoms with Crippen molar-refractivity contribution >= 4 is 38.7 Å². The van der Waals surface area contributed by atoms with E-state index in [1.165, 1.54) is 5.56 Å². The van der Waals surface area contributed by atoms with Gasteiger partial charge in [0, 0.05) is 26.2 Å². The van der Waals surface area contributed by atoms with Crippen LogP contribution in [0.5, 0.6) is 0 Å². The highest BCUT2D eigenvalue weighted by Crippen LogP contribution is 2.19. The Balaban J connectivity index is 0.000000658. The van der Waals surface area contributed by atoms with Crippen LogP contribution in [0.2, 0.25) is 0 Å². The summed E-state index contributed by atoms with van der Waals surface area (Å²) < 4.78 is 91.6. The smallest absolute Gasteiger partial charge is 0.481 e. The summed E-state index contributed by atoms with van der Waals surface area (Å²) in [5, 5.41) is 25.2. The number of aliphatic carboxylic acids is 3. The highest BCUT2D eigenvalue weighted by Gasteiger charge is 2.38. The normalized spacial score (nSPS) is 11.7. The average molecular weight is 698 g/mol. The second kappa shape index (κ2) is 18.8. The van der Waals surface area contributed by atoms with E-state index >= 15 is 0 Å². The molecule has 3 rings (SSSR count). The summed E-state index contributed by atoms with van der Waals surface area (Å²) in [7, 11) is -3.65. The van der Waals surface area contributed by atoms with Crippen LogP contribution in [-0.4, -0.2) is 85.1 Å². The van der Waals surface area contributed by atoms with Crippen molar-refractivity contribution in [3.63, 3.8) is 0 Å². The molecule has 0 aliphatic rings. The van der Waals surface area contributed by atoms with Crippen molar-refractivity contribution in [1.82, 2.24) is 9.62 Å². The second-order valence-electron chi connectivity index (χ2n) is 9.62. The first-order chi connectivity index (χ1) is 21.8. The molecule has 3 aromatic carbocycles.